The summed E-state index contributed by atoms with van der Waals surface area (Å²) < 4.78 is 10.7. The highest BCUT2D eigenvalue weighted by Crippen LogP contribution is 2.45. The summed E-state index contributed by atoms with van der Waals surface area (Å²) >= 11 is 0. The topological polar surface area (TPSA) is 30.5 Å². The summed E-state index contributed by atoms with van der Waals surface area (Å²) in [5.74, 6) is 3.49. The molecule has 2 bridgehead atoms. The van der Waals surface area contributed by atoms with Crippen molar-refractivity contribution in [1.29, 1.82) is 0 Å². The van der Waals surface area contributed by atoms with E-state index in [0.29, 0.717) is 12.1 Å². The van der Waals surface area contributed by atoms with Crippen molar-refractivity contribution < 1.29 is 9.47 Å². The van der Waals surface area contributed by atoms with Crippen molar-refractivity contribution >= 4 is 0 Å². The maximum Gasteiger partial charge on any atom is 0.161 e. The Morgan fingerprint density at radius 3 is 2.50 bits per heavy atom. The van der Waals surface area contributed by atoms with Gasteiger partial charge in [-0.3, -0.25) is 0 Å². The third-order valence-corrected chi connectivity index (χ3v) is 5.11. The number of methoxy groups -OCH3 is 2. The van der Waals surface area contributed by atoms with Gasteiger partial charge >= 0.3 is 0 Å². The molecule has 4 unspecified atom stereocenters. The van der Waals surface area contributed by atoms with Gasteiger partial charge in [-0.1, -0.05) is 12.5 Å². The highest BCUT2D eigenvalue weighted by molar-refractivity contribution is 5.43. The zero-order chi connectivity index (χ0) is 14.1. The summed E-state index contributed by atoms with van der Waals surface area (Å²) in [5, 5.41) is 3.82. The van der Waals surface area contributed by atoms with E-state index >= 15 is 0 Å². The standard InChI is InChI=1S/C17H25NO2/c1-11(18-15-9-12-4-5-14(15)8-12)13-6-7-16(19-2)17(10-13)20-3/h6-7,10-12,14-15,18H,4-5,8-9H2,1-3H3. The molecule has 0 radical (unpaired) electrons. The lowest BCUT2D eigenvalue weighted by Crippen LogP contribution is -2.35. The predicted molar refractivity (Wildman–Crippen MR) is 80.3 cm³/mol. The minimum atomic E-state index is 0.360. The minimum absolute atomic E-state index is 0.360. The molecular formula is C17H25NO2. The van der Waals surface area contributed by atoms with Crippen molar-refractivity contribution in [3.63, 3.8) is 0 Å². The lowest BCUT2D eigenvalue weighted by Gasteiger charge is -2.27. The number of rotatable bonds is 5. The average molecular weight is 275 g/mol. The summed E-state index contributed by atoms with van der Waals surface area (Å²) in [6.45, 7) is 2.24. The zero-order valence-electron chi connectivity index (χ0n) is 12.7. The van der Waals surface area contributed by atoms with Gasteiger partial charge < -0.3 is 14.8 Å². The molecule has 20 heavy (non-hydrogen) atoms. The number of ether oxygens (including phenoxy) is 2. The highest BCUT2D eigenvalue weighted by Gasteiger charge is 2.39. The van der Waals surface area contributed by atoms with Gasteiger partial charge in [-0.2, -0.15) is 0 Å². The van der Waals surface area contributed by atoms with Crippen LogP contribution in [0.15, 0.2) is 18.2 Å². The molecule has 2 aliphatic carbocycles. The predicted octanol–water partition coefficient (Wildman–Crippen LogP) is 3.54. The molecule has 0 amide bonds. The molecule has 4 atom stereocenters. The van der Waals surface area contributed by atoms with E-state index < -0.39 is 0 Å². The Labute approximate surface area is 121 Å². The Balaban J connectivity index is 1.69. The van der Waals surface area contributed by atoms with Crippen molar-refractivity contribution in [1.82, 2.24) is 5.32 Å². The second-order valence-corrected chi connectivity index (χ2v) is 6.28. The van der Waals surface area contributed by atoms with E-state index in [4.69, 9.17) is 9.47 Å². The van der Waals surface area contributed by atoms with Crippen molar-refractivity contribution in [3.8, 4) is 11.5 Å². The Bertz CT molecular complexity index is 474. The van der Waals surface area contributed by atoms with Crippen LogP contribution in [0.2, 0.25) is 0 Å². The van der Waals surface area contributed by atoms with Gasteiger partial charge in [0, 0.05) is 12.1 Å². The second kappa shape index (κ2) is 5.65. The minimum Gasteiger partial charge on any atom is -0.493 e. The molecule has 3 heteroatoms. The first-order valence-electron chi connectivity index (χ1n) is 7.69. The fourth-order valence-corrected chi connectivity index (χ4v) is 3.99. The van der Waals surface area contributed by atoms with Crippen LogP contribution in [-0.2, 0) is 0 Å². The summed E-state index contributed by atoms with van der Waals surface area (Å²) in [6, 6.07) is 7.28. The first-order valence-corrected chi connectivity index (χ1v) is 7.69. The van der Waals surface area contributed by atoms with Crippen LogP contribution in [0.25, 0.3) is 0 Å². The third kappa shape index (κ3) is 2.51. The summed E-state index contributed by atoms with van der Waals surface area (Å²) in [6.07, 6.45) is 5.67. The van der Waals surface area contributed by atoms with Crippen LogP contribution in [0.4, 0.5) is 0 Å². The average Bonchev–Trinajstić information content (AvgIpc) is 3.09. The lowest BCUT2D eigenvalue weighted by molar-refractivity contribution is 0.325. The third-order valence-electron chi connectivity index (χ3n) is 5.11. The van der Waals surface area contributed by atoms with E-state index in [2.05, 4.69) is 24.4 Å². The quantitative estimate of drug-likeness (QED) is 0.891. The number of benzene rings is 1. The fourth-order valence-electron chi connectivity index (χ4n) is 3.99. The first-order chi connectivity index (χ1) is 9.71. The van der Waals surface area contributed by atoms with Crippen molar-refractivity contribution in [2.45, 2.75) is 44.7 Å². The van der Waals surface area contributed by atoms with Crippen LogP contribution in [-0.4, -0.2) is 20.3 Å². The summed E-state index contributed by atoms with van der Waals surface area (Å²) in [4.78, 5) is 0. The van der Waals surface area contributed by atoms with Crippen LogP contribution in [0, 0.1) is 11.8 Å². The summed E-state index contributed by atoms with van der Waals surface area (Å²) in [5.41, 5.74) is 1.27. The largest absolute Gasteiger partial charge is 0.493 e. The molecule has 2 aliphatic rings. The molecule has 2 saturated carbocycles. The van der Waals surface area contributed by atoms with Gasteiger partial charge in [0.05, 0.1) is 14.2 Å². The number of nitrogens with one attached hydrogen (secondary N) is 1. The molecule has 1 aromatic carbocycles. The molecular weight excluding hydrogens is 250 g/mol. The van der Waals surface area contributed by atoms with Gasteiger partial charge in [0.2, 0.25) is 0 Å². The van der Waals surface area contributed by atoms with Gasteiger partial charge in [-0.25, -0.2) is 0 Å². The van der Waals surface area contributed by atoms with E-state index in [0.717, 1.165) is 23.3 Å². The smallest absolute Gasteiger partial charge is 0.161 e. The van der Waals surface area contributed by atoms with Gasteiger partial charge in [-0.15, -0.1) is 0 Å². The normalized spacial score (nSPS) is 29.4. The molecule has 110 valence electrons. The highest BCUT2D eigenvalue weighted by atomic mass is 16.5. The van der Waals surface area contributed by atoms with Gasteiger partial charge in [0.15, 0.2) is 11.5 Å². The van der Waals surface area contributed by atoms with Gasteiger partial charge in [-0.05, 0) is 55.7 Å². The van der Waals surface area contributed by atoms with Crippen LogP contribution in [0.1, 0.15) is 44.2 Å². The molecule has 0 spiro atoms. The molecule has 2 fully saturated rings. The first kappa shape index (κ1) is 13.7. The molecule has 0 heterocycles. The van der Waals surface area contributed by atoms with Crippen molar-refractivity contribution in [2.75, 3.05) is 14.2 Å². The van der Waals surface area contributed by atoms with E-state index in [1.807, 2.05) is 6.07 Å². The SMILES string of the molecule is COc1ccc(C(C)NC2CC3CCC2C3)cc1OC. The van der Waals surface area contributed by atoms with Crippen LogP contribution >= 0.6 is 0 Å². The molecule has 1 aromatic rings. The fraction of sp³-hybridized carbons (Fsp3) is 0.647. The maximum absolute atomic E-state index is 5.39. The van der Waals surface area contributed by atoms with Gasteiger partial charge in [0.1, 0.15) is 0 Å². The molecule has 3 nitrogen and oxygen atoms in total. The summed E-state index contributed by atoms with van der Waals surface area (Å²) in [7, 11) is 3.37. The zero-order valence-corrected chi connectivity index (χ0v) is 12.7. The van der Waals surface area contributed by atoms with Gasteiger partial charge in [0.25, 0.3) is 0 Å². The maximum atomic E-state index is 5.39. The molecule has 1 N–H and O–H groups in total. The molecule has 0 saturated heterocycles. The molecule has 0 aliphatic heterocycles. The van der Waals surface area contributed by atoms with Crippen LogP contribution in [0.5, 0.6) is 11.5 Å². The Kier molecular flexibility index (Phi) is 3.88. The number of fused-ring (bicyclic) bond motifs is 2. The molecule has 3 rings (SSSR count). The van der Waals surface area contributed by atoms with Crippen LogP contribution in [0.3, 0.4) is 0 Å². The van der Waals surface area contributed by atoms with Crippen molar-refractivity contribution in [2.24, 2.45) is 11.8 Å². The van der Waals surface area contributed by atoms with E-state index in [9.17, 15) is 0 Å². The van der Waals surface area contributed by atoms with Crippen LogP contribution < -0.4 is 14.8 Å². The monoisotopic (exact) mass is 275 g/mol. The van der Waals surface area contributed by atoms with E-state index in [1.54, 1.807) is 14.2 Å². The Morgan fingerprint density at radius 1 is 1.10 bits per heavy atom. The van der Waals surface area contributed by atoms with E-state index in [1.165, 1.54) is 31.2 Å². The van der Waals surface area contributed by atoms with Crippen molar-refractivity contribution in [3.05, 3.63) is 23.8 Å². The Morgan fingerprint density at radius 2 is 1.90 bits per heavy atom. The number of hydrogen-bond donors (Lipinski definition) is 1. The molecule has 0 aromatic heterocycles. The number of hydrogen-bond acceptors (Lipinski definition) is 3. The Hall–Kier alpha value is -1.22. The van der Waals surface area contributed by atoms with E-state index in [-0.39, 0.29) is 0 Å². The lowest BCUT2D eigenvalue weighted by atomic mass is 9.94. The second-order valence-electron chi connectivity index (χ2n) is 6.28.